The molecule has 1 aromatic carbocycles. The summed E-state index contributed by atoms with van der Waals surface area (Å²) < 4.78 is 22.2. The first-order valence-corrected chi connectivity index (χ1v) is 5.61. The summed E-state index contributed by atoms with van der Waals surface area (Å²) in [5.41, 5.74) is 0.243. The summed E-state index contributed by atoms with van der Waals surface area (Å²) in [5, 5.41) is 8.80. The SMILES string of the molecule is CS(=O)(=O)c1cc(Cl)cc(C#N)c1. The van der Waals surface area contributed by atoms with E-state index in [2.05, 4.69) is 0 Å². The third kappa shape index (κ3) is 2.44. The average molecular weight is 216 g/mol. The molecule has 0 aliphatic heterocycles. The molecule has 0 heterocycles. The van der Waals surface area contributed by atoms with Crippen molar-refractivity contribution in [2.24, 2.45) is 0 Å². The number of rotatable bonds is 1. The molecule has 0 saturated heterocycles. The van der Waals surface area contributed by atoms with Crippen molar-refractivity contribution in [2.75, 3.05) is 6.26 Å². The van der Waals surface area contributed by atoms with Gasteiger partial charge in [0.15, 0.2) is 9.84 Å². The van der Waals surface area contributed by atoms with Gasteiger partial charge in [-0.2, -0.15) is 5.26 Å². The fraction of sp³-hybridized carbons (Fsp3) is 0.125. The van der Waals surface area contributed by atoms with E-state index in [0.717, 1.165) is 6.26 Å². The lowest BCUT2D eigenvalue weighted by atomic mass is 10.2. The van der Waals surface area contributed by atoms with Gasteiger partial charge in [-0.1, -0.05) is 11.6 Å². The van der Waals surface area contributed by atoms with Crippen molar-refractivity contribution in [2.45, 2.75) is 4.90 Å². The number of hydrogen-bond donors (Lipinski definition) is 0. The average Bonchev–Trinajstić information content (AvgIpc) is 2.01. The van der Waals surface area contributed by atoms with Crippen molar-refractivity contribution in [3.8, 4) is 6.07 Å². The van der Waals surface area contributed by atoms with Crippen molar-refractivity contribution in [1.82, 2.24) is 0 Å². The lowest BCUT2D eigenvalue weighted by Gasteiger charge is -1.99. The summed E-state index contributed by atoms with van der Waals surface area (Å²) in [5.74, 6) is 0. The van der Waals surface area contributed by atoms with E-state index < -0.39 is 9.84 Å². The predicted octanol–water partition coefficient (Wildman–Crippen LogP) is 1.62. The van der Waals surface area contributed by atoms with Crippen molar-refractivity contribution in [1.29, 1.82) is 5.26 Å². The van der Waals surface area contributed by atoms with Gasteiger partial charge in [0.25, 0.3) is 0 Å². The van der Waals surface area contributed by atoms with Crippen molar-refractivity contribution >= 4 is 21.4 Å². The van der Waals surface area contributed by atoms with Crippen LogP contribution in [-0.4, -0.2) is 14.7 Å². The lowest BCUT2D eigenvalue weighted by Crippen LogP contribution is -1.97. The van der Waals surface area contributed by atoms with Crippen molar-refractivity contribution in [3.05, 3.63) is 28.8 Å². The van der Waals surface area contributed by atoms with Crippen molar-refractivity contribution < 1.29 is 8.42 Å². The molecule has 0 bridgehead atoms. The minimum Gasteiger partial charge on any atom is -0.224 e. The van der Waals surface area contributed by atoms with Crippen LogP contribution in [0, 0.1) is 11.3 Å². The molecule has 0 atom stereocenters. The van der Waals surface area contributed by atoms with E-state index in [9.17, 15) is 8.42 Å². The van der Waals surface area contributed by atoms with Crippen LogP contribution in [0.3, 0.4) is 0 Å². The Labute approximate surface area is 81.5 Å². The van der Waals surface area contributed by atoms with Gasteiger partial charge in [-0.05, 0) is 18.2 Å². The highest BCUT2D eigenvalue weighted by Gasteiger charge is 2.08. The molecular weight excluding hydrogens is 210 g/mol. The standard InChI is InChI=1S/C8H6ClNO2S/c1-13(11,12)8-3-6(5-10)2-7(9)4-8/h2-4H,1H3. The Hall–Kier alpha value is -1.05. The molecular formula is C8H6ClNO2S. The Kier molecular flexibility index (Phi) is 2.60. The Morgan fingerprint density at radius 1 is 1.38 bits per heavy atom. The molecule has 0 fully saturated rings. The Balaban J connectivity index is 3.44. The van der Waals surface area contributed by atoms with Gasteiger partial charge >= 0.3 is 0 Å². The zero-order valence-electron chi connectivity index (χ0n) is 6.78. The Morgan fingerprint density at radius 2 is 2.00 bits per heavy atom. The van der Waals surface area contributed by atoms with Crippen LogP contribution in [0.25, 0.3) is 0 Å². The molecule has 68 valence electrons. The third-order valence-electron chi connectivity index (χ3n) is 1.43. The summed E-state index contributed by atoms with van der Waals surface area (Å²) in [6, 6.07) is 5.85. The second-order valence-corrected chi connectivity index (χ2v) is 5.01. The third-order valence-corrected chi connectivity index (χ3v) is 2.74. The molecule has 3 nitrogen and oxygen atoms in total. The van der Waals surface area contributed by atoms with Crippen LogP contribution in [0.15, 0.2) is 23.1 Å². The highest BCUT2D eigenvalue weighted by atomic mass is 35.5. The van der Waals surface area contributed by atoms with Crippen LogP contribution in [0.2, 0.25) is 5.02 Å². The smallest absolute Gasteiger partial charge is 0.175 e. The molecule has 13 heavy (non-hydrogen) atoms. The van der Waals surface area contributed by atoms with Gasteiger partial charge in [0.2, 0.25) is 0 Å². The molecule has 0 aliphatic carbocycles. The zero-order chi connectivity index (χ0) is 10.1. The molecule has 1 aromatic rings. The molecule has 0 radical (unpaired) electrons. The highest BCUT2D eigenvalue weighted by molar-refractivity contribution is 7.90. The maximum absolute atomic E-state index is 11.1. The number of nitriles is 1. The highest BCUT2D eigenvalue weighted by Crippen LogP contribution is 2.18. The Morgan fingerprint density at radius 3 is 2.46 bits per heavy atom. The summed E-state index contributed by atoms with van der Waals surface area (Å²) in [6.07, 6.45) is 1.07. The van der Waals surface area contributed by atoms with E-state index in [1.54, 1.807) is 0 Å². The van der Waals surface area contributed by atoms with Crippen LogP contribution in [0.1, 0.15) is 5.56 Å². The maximum atomic E-state index is 11.1. The summed E-state index contributed by atoms with van der Waals surface area (Å²) in [4.78, 5) is 0.0663. The fourth-order valence-corrected chi connectivity index (χ4v) is 1.82. The summed E-state index contributed by atoms with van der Waals surface area (Å²) in [6.45, 7) is 0. The molecule has 0 aromatic heterocycles. The van der Waals surface area contributed by atoms with Gasteiger partial charge < -0.3 is 0 Å². The number of sulfone groups is 1. The van der Waals surface area contributed by atoms with Crippen LogP contribution in [-0.2, 0) is 9.84 Å². The zero-order valence-corrected chi connectivity index (χ0v) is 8.35. The molecule has 5 heteroatoms. The largest absolute Gasteiger partial charge is 0.224 e. The summed E-state index contributed by atoms with van der Waals surface area (Å²) in [7, 11) is -3.29. The molecule has 0 aliphatic rings. The second kappa shape index (κ2) is 3.36. The quantitative estimate of drug-likeness (QED) is 0.715. The van der Waals surface area contributed by atoms with Crippen LogP contribution in [0.4, 0.5) is 0 Å². The molecule has 1 rings (SSSR count). The second-order valence-electron chi connectivity index (χ2n) is 2.56. The molecule has 0 saturated carbocycles. The molecule has 0 amide bonds. The van der Waals surface area contributed by atoms with E-state index in [4.69, 9.17) is 16.9 Å². The number of halogens is 1. The van der Waals surface area contributed by atoms with Gasteiger partial charge in [0, 0.05) is 11.3 Å². The fourth-order valence-electron chi connectivity index (χ4n) is 0.841. The van der Waals surface area contributed by atoms with E-state index in [1.807, 2.05) is 6.07 Å². The minimum atomic E-state index is -3.29. The number of benzene rings is 1. The van der Waals surface area contributed by atoms with Gasteiger partial charge in [0.1, 0.15) is 0 Å². The minimum absolute atomic E-state index is 0.0663. The Bertz CT molecular complexity index is 473. The predicted molar refractivity (Wildman–Crippen MR) is 49.3 cm³/mol. The van der Waals surface area contributed by atoms with E-state index in [0.29, 0.717) is 0 Å². The topological polar surface area (TPSA) is 57.9 Å². The number of hydrogen-bond acceptors (Lipinski definition) is 3. The van der Waals surface area contributed by atoms with Crippen LogP contribution in [0.5, 0.6) is 0 Å². The maximum Gasteiger partial charge on any atom is 0.175 e. The first-order valence-electron chi connectivity index (χ1n) is 3.34. The lowest BCUT2D eigenvalue weighted by molar-refractivity contribution is 0.602. The first kappa shape index (κ1) is 10.0. The van der Waals surface area contributed by atoms with Crippen LogP contribution < -0.4 is 0 Å². The summed E-state index contributed by atoms with van der Waals surface area (Å²) >= 11 is 5.62. The number of nitrogens with zero attached hydrogens (tertiary/aromatic N) is 1. The molecule has 0 unspecified atom stereocenters. The molecule has 0 N–H and O–H groups in total. The first-order chi connectivity index (χ1) is 5.93. The van der Waals surface area contributed by atoms with E-state index in [1.165, 1.54) is 18.2 Å². The van der Waals surface area contributed by atoms with Gasteiger partial charge in [0.05, 0.1) is 16.5 Å². The van der Waals surface area contributed by atoms with E-state index >= 15 is 0 Å². The van der Waals surface area contributed by atoms with Gasteiger partial charge in [-0.15, -0.1) is 0 Å². The molecule has 0 spiro atoms. The van der Waals surface area contributed by atoms with Gasteiger partial charge in [-0.3, -0.25) is 0 Å². The van der Waals surface area contributed by atoms with Gasteiger partial charge in [-0.25, -0.2) is 8.42 Å². The normalized spacial score (nSPS) is 10.8. The van der Waals surface area contributed by atoms with Crippen molar-refractivity contribution in [3.63, 3.8) is 0 Å². The van der Waals surface area contributed by atoms with Crippen LogP contribution >= 0.6 is 11.6 Å². The monoisotopic (exact) mass is 215 g/mol. The van der Waals surface area contributed by atoms with E-state index in [-0.39, 0.29) is 15.5 Å².